The lowest BCUT2D eigenvalue weighted by molar-refractivity contribution is 0.0368. The van der Waals surface area contributed by atoms with Crippen LogP contribution in [0.25, 0.3) is 11.3 Å². The highest BCUT2D eigenvalue weighted by Gasteiger charge is 2.28. The molecule has 1 saturated heterocycles. The largest absolute Gasteiger partial charge is 0.379 e. The number of benzene rings is 2. The number of halogens is 2. The highest BCUT2D eigenvalue weighted by atomic mass is 35.5. The van der Waals surface area contributed by atoms with E-state index >= 15 is 0 Å². The Labute approximate surface area is 234 Å². The van der Waals surface area contributed by atoms with Crippen molar-refractivity contribution in [2.24, 2.45) is 0 Å². The van der Waals surface area contributed by atoms with E-state index in [-0.39, 0.29) is 0 Å². The summed E-state index contributed by atoms with van der Waals surface area (Å²) in [5.74, 6) is 0.770. The van der Waals surface area contributed by atoms with Gasteiger partial charge in [0.05, 0.1) is 23.9 Å². The number of ether oxygens (including phenoxy) is 1. The lowest BCUT2D eigenvalue weighted by Gasteiger charge is -2.27. The van der Waals surface area contributed by atoms with Gasteiger partial charge in [0, 0.05) is 78.2 Å². The van der Waals surface area contributed by atoms with Gasteiger partial charge in [0.15, 0.2) is 0 Å². The van der Waals surface area contributed by atoms with Crippen LogP contribution in [0.1, 0.15) is 23.2 Å². The number of morpholine rings is 1. The van der Waals surface area contributed by atoms with Crippen LogP contribution >= 0.6 is 35.0 Å². The fourth-order valence-electron chi connectivity index (χ4n) is 4.79. The van der Waals surface area contributed by atoms with Gasteiger partial charge in [-0.2, -0.15) is 9.40 Å². The molecule has 11 heteroatoms. The van der Waals surface area contributed by atoms with Gasteiger partial charge in [-0.15, -0.1) is 11.8 Å². The standard InChI is InChI=1S/C26H30Cl2N4O3S2/c27-21-5-2-19(3-6-21)18-36-25-16-20(4-7-23(25)28)26-22-17-31(37(33)34)11-8-24(22)32(29-26)10-1-9-30-12-14-35-15-13-30/h2-7,16H,1,8-15,17-18H2,(H,33,34). The fourth-order valence-corrected chi connectivity index (χ4v) is 6.61. The van der Waals surface area contributed by atoms with Crippen LogP contribution in [0, 0.1) is 0 Å². The molecule has 0 spiro atoms. The van der Waals surface area contributed by atoms with E-state index < -0.39 is 11.3 Å². The molecular weight excluding hydrogens is 551 g/mol. The van der Waals surface area contributed by atoms with Crippen LogP contribution in [0.5, 0.6) is 0 Å². The predicted molar refractivity (Wildman–Crippen MR) is 150 cm³/mol. The number of thioether (sulfide) groups is 1. The van der Waals surface area contributed by atoms with Gasteiger partial charge in [-0.1, -0.05) is 41.4 Å². The molecule has 0 saturated carbocycles. The first kappa shape index (κ1) is 27.1. The van der Waals surface area contributed by atoms with Crippen LogP contribution in [0.3, 0.4) is 0 Å². The van der Waals surface area contributed by atoms with Crippen molar-refractivity contribution in [3.8, 4) is 11.3 Å². The van der Waals surface area contributed by atoms with E-state index in [2.05, 4.69) is 15.6 Å². The quantitative estimate of drug-likeness (QED) is 0.271. The van der Waals surface area contributed by atoms with Crippen molar-refractivity contribution >= 4 is 46.2 Å². The summed E-state index contributed by atoms with van der Waals surface area (Å²) in [6.07, 6.45) is 1.68. The summed E-state index contributed by atoms with van der Waals surface area (Å²) >= 11 is 12.2. The zero-order valence-corrected chi connectivity index (χ0v) is 23.6. The van der Waals surface area contributed by atoms with Crippen molar-refractivity contribution in [1.82, 2.24) is 19.0 Å². The minimum absolute atomic E-state index is 0.396. The molecule has 37 heavy (non-hydrogen) atoms. The molecule has 3 aromatic rings. The molecule has 5 rings (SSSR count). The summed E-state index contributed by atoms with van der Waals surface area (Å²) in [4.78, 5) is 3.41. The van der Waals surface area contributed by atoms with Crippen molar-refractivity contribution in [2.75, 3.05) is 39.4 Å². The second-order valence-electron chi connectivity index (χ2n) is 9.21. The maximum Gasteiger partial charge on any atom is 0.234 e. The number of fused-ring (bicyclic) bond motifs is 1. The minimum atomic E-state index is -2.01. The monoisotopic (exact) mass is 580 g/mol. The van der Waals surface area contributed by atoms with E-state index in [1.807, 2.05) is 36.4 Å². The van der Waals surface area contributed by atoms with Crippen LogP contribution in [0.2, 0.25) is 10.0 Å². The molecule has 1 atom stereocenters. The minimum Gasteiger partial charge on any atom is -0.379 e. The Hall–Kier alpha value is -1.43. The third-order valence-electron chi connectivity index (χ3n) is 6.78. The molecule has 0 bridgehead atoms. The average molecular weight is 582 g/mol. The van der Waals surface area contributed by atoms with Gasteiger partial charge in [0.25, 0.3) is 0 Å². The van der Waals surface area contributed by atoms with Crippen molar-refractivity contribution in [3.63, 3.8) is 0 Å². The number of rotatable bonds is 9. The molecule has 0 aliphatic carbocycles. The van der Waals surface area contributed by atoms with Gasteiger partial charge < -0.3 is 4.74 Å². The van der Waals surface area contributed by atoms with E-state index in [9.17, 15) is 8.76 Å². The molecule has 2 aromatic carbocycles. The zero-order chi connectivity index (χ0) is 25.8. The second kappa shape index (κ2) is 12.6. The number of hydrogen-bond acceptors (Lipinski definition) is 5. The van der Waals surface area contributed by atoms with E-state index in [1.54, 1.807) is 16.1 Å². The van der Waals surface area contributed by atoms with Gasteiger partial charge in [-0.25, -0.2) is 4.21 Å². The molecule has 2 aliphatic rings. The lowest BCUT2D eigenvalue weighted by Crippen LogP contribution is -2.37. The Morgan fingerprint density at radius 3 is 2.59 bits per heavy atom. The summed E-state index contributed by atoms with van der Waals surface area (Å²) in [6.45, 7) is 6.29. The Morgan fingerprint density at radius 1 is 1.05 bits per heavy atom. The summed E-state index contributed by atoms with van der Waals surface area (Å²) < 4.78 is 30.8. The molecule has 3 heterocycles. The summed E-state index contributed by atoms with van der Waals surface area (Å²) in [6, 6.07) is 13.8. The first-order valence-corrected chi connectivity index (χ1v) is 15.2. The number of hydrogen-bond donors (Lipinski definition) is 1. The van der Waals surface area contributed by atoms with Crippen molar-refractivity contribution < 1.29 is 13.5 Å². The summed E-state index contributed by atoms with van der Waals surface area (Å²) in [5.41, 5.74) is 5.18. The van der Waals surface area contributed by atoms with Crippen molar-refractivity contribution in [2.45, 2.75) is 36.6 Å². The Bertz CT molecular complexity index is 1250. The van der Waals surface area contributed by atoms with Crippen molar-refractivity contribution in [3.05, 3.63) is 69.3 Å². The van der Waals surface area contributed by atoms with E-state index in [1.165, 1.54) is 5.56 Å². The zero-order valence-electron chi connectivity index (χ0n) is 20.4. The van der Waals surface area contributed by atoms with Gasteiger partial charge >= 0.3 is 0 Å². The maximum absolute atomic E-state index is 11.9. The Kier molecular flexibility index (Phi) is 9.26. The third kappa shape index (κ3) is 6.78. The molecule has 1 N–H and O–H groups in total. The predicted octanol–water partition coefficient (Wildman–Crippen LogP) is 5.37. The normalized spacial score (nSPS) is 17.6. The van der Waals surface area contributed by atoms with Crippen molar-refractivity contribution in [1.29, 1.82) is 0 Å². The molecule has 1 fully saturated rings. The molecular formula is C26H30Cl2N4O3S2. The van der Waals surface area contributed by atoms with Gasteiger partial charge in [-0.3, -0.25) is 14.1 Å². The number of aromatic nitrogens is 2. The van der Waals surface area contributed by atoms with E-state index in [0.717, 1.165) is 84.0 Å². The Morgan fingerprint density at radius 2 is 1.84 bits per heavy atom. The van der Waals surface area contributed by atoms with Crippen LogP contribution in [-0.2, 0) is 41.3 Å². The molecule has 7 nitrogen and oxygen atoms in total. The Balaban J connectivity index is 1.38. The maximum atomic E-state index is 11.9. The van der Waals surface area contributed by atoms with Gasteiger partial charge in [0.2, 0.25) is 11.3 Å². The topological polar surface area (TPSA) is 70.8 Å². The summed E-state index contributed by atoms with van der Waals surface area (Å²) in [7, 11) is 0. The molecule has 0 amide bonds. The van der Waals surface area contributed by atoms with Crippen LogP contribution in [0.4, 0.5) is 0 Å². The highest BCUT2D eigenvalue weighted by Crippen LogP contribution is 2.36. The average Bonchev–Trinajstić information content (AvgIpc) is 3.27. The molecule has 1 aromatic heterocycles. The molecule has 0 radical (unpaired) electrons. The summed E-state index contributed by atoms with van der Waals surface area (Å²) in [5, 5.41) is 6.45. The SMILES string of the molecule is O=S(O)N1CCc2c(c(-c3ccc(Cl)c(SCc4ccc(Cl)cc4)c3)nn2CCCN2CCOCC2)C1. The fraction of sp³-hybridized carbons (Fsp3) is 0.423. The first-order chi connectivity index (χ1) is 18.0. The van der Waals surface area contributed by atoms with Crippen LogP contribution in [-0.4, -0.2) is 67.1 Å². The van der Waals surface area contributed by atoms with Crippen LogP contribution in [0.15, 0.2) is 47.4 Å². The van der Waals surface area contributed by atoms with Crippen LogP contribution < -0.4 is 0 Å². The van der Waals surface area contributed by atoms with E-state index in [0.29, 0.717) is 24.5 Å². The smallest absolute Gasteiger partial charge is 0.234 e. The molecule has 1 unspecified atom stereocenters. The highest BCUT2D eigenvalue weighted by molar-refractivity contribution is 7.98. The molecule has 2 aliphatic heterocycles. The number of aryl methyl sites for hydroxylation is 1. The van der Waals surface area contributed by atoms with Gasteiger partial charge in [0.1, 0.15) is 0 Å². The number of nitrogens with zero attached hydrogens (tertiary/aromatic N) is 4. The van der Waals surface area contributed by atoms with E-state index in [4.69, 9.17) is 33.0 Å². The molecule has 198 valence electrons. The second-order valence-corrected chi connectivity index (χ2v) is 12.0. The lowest BCUT2D eigenvalue weighted by atomic mass is 10.0. The first-order valence-electron chi connectivity index (χ1n) is 12.4. The third-order valence-corrected chi connectivity index (χ3v) is 9.35. The van der Waals surface area contributed by atoms with Gasteiger partial charge in [-0.05, 0) is 36.2 Å².